The smallest absolute Gasteiger partial charge is 0.132 e. The number of benzene rings is 2. The third-order valence-corrected chi connectivity index (χ3v) is 5.05. The summed E-state index contributed by atoms with van der Waals surface area (Å²) in [5, 5.41) is 8.66. The third-order valence-electron chi connectivity index (χ3n) is 5.05. The molecule has 0 aliphatic carbocycles. The summed E-state index contributed by atoms with van der Waals surface area (Å²) in [6.07, 6.45) is 3.69. The molecule has 0 spiro atoms. The summed E-state index contributed by atoms with van der Waals surface area (Å²) in [4.78, 5) is 7.07. The minimum atomic E-state index is 0.615. The van der Waals surface area contributed by atoms with Gasteiger partial charge in [-0.3, -0.25) is 10.3 Å². The number of aromatic nitrogens is 2. The lowest BCUT2D eigenvalue weighted by Crippen LogP contribution is -2.37. The minimum absolute atomic E-state index is 0.615. The van der Waals surface area contributed by atoms with Crippen molar-refractivity contribution in [3.8, 4) is 0 Å². The summed E-state index contributed by atoms with van der Waals surface area (Å²) in [6, 6.07) is 21.0. The summed E-state index contributed by atoms with van der Waals surface area (Å²) in [5.41, 5.74) is 5.41. The first kappa shape index (κ1) is 16.7. The van der Waals surface area contributed by atoms with Gasteiger partial charge in [-0.1, -0.05) is 60.7 Å². The van der Waals surface area contributed by atoms with Gasteiger partial charge in [-0.2, -0.15) is 0 Å². The minimum Gasteiger partial charge on any atom is -0.317 e. The molecule has 0 bridgehead atoms. The number of hydrogen-bond donors (Lipinski definition) is 1. The molecule has 0 fully saturated rings. The summed E-state index contributed by atoms with van der Waals surface area (Å²) in [7, 11) is 0. The van der Waals surface area contributed by atoms with Crippen molar-refractivity contribution in [2.75, 3.05) is 6.54 Å². The third kappa shape index (κ3) is 3.75. The highest BCUT2D eigenvalue weighted by Gasteiger charge is 2.19. The average molecular weight is 344 g/mol. The molecular weight excluding hydrogens is 320 g/mol. The van der Waals surface area contributed by atoms with Gasteiger partial charge < -0.3 is 4.57 Å². The maximum Gasteiger partial charge on any atom is 0.132 e. The first-order chi connectivity index (χ1) is 12.8. The Hall–Kier alpha value is -2.72. The second-order valence-electron chi connectivity index (χ2n) is 6.89. The van der Waals surface area contributed by atoms with E-state index in [0.29, 0.717) is 5.49 Å². The fourth-order valence-electron chi connectivity index (χ4n) is 3.57. The van der Waals surface area contributed by atoms with Crippen LogP contribution in [0.5, 0.6) is 0 Å². The zero-order chi connectivity index (χ0) is 17.8. The first-order valence-corrected chi connectivity index (χ1v) is 9.21. The van der Waals surface area contributed by atoms with Crippen molar-refractivity contribution >= 4 is 0 Å². The Bertz CT molecular complexity index is 916. The predicted octanol–water partition coefficient (Wildman–Crippen LogP) is 3.16. The summed E-state index contributed by atoms with van der Waals surface area (Å²) in [5.74, 6) is 0. The van der Waals surface area contributed by atoms with Gasteiger partial charge in [-0.25, -0.2) is 4.98 Å². The molecule has 4 nitrogen and oxygen atoms in total. The summed E-state index contributed by atoms with van der Waals surface area (Å²) in [6.45, 7) is 3.53. The lowest BCUT2D eigenvalue weighted by atomic mass is 10.1. The second kappa shape index (κ2) is 7.67. The zero-order valence-corrected chi connectivity index (χ0v) is 14.9. The molecule has 26 heavy (non-hydrogen) atoms. The average Bonchev–Trinajstić information content (AvgIpc) is 2.69. The predicted molar refractivity (Wildman–Crippen MR) is 102 cm³/mol. The van der Waals surface area contributed by atoms with Gasteiger partial charge in [-0.15, -0.1) is 0 Å². The second-order valence-corrected chi connectivity index (χ2v) is 6.89. The van der Waals surface area contributed by atoms with Crippen molar-refractivity contribution < 1.29 is 0 Å². The molecule has 0 saturated heterocycles. The molecule has 1 N–H and O–H groups in total. The van der Waals surface area contributed by atoms with Crippen LogP contribution in [0.2, 0.25) is 0 Å². The van der Waals surface area contributed by atoms with Crippen molar-refractivity contribution in [2.45, 2.75) is 32.5 Å². The number of nitrogens with zero attached hydrogens (tertiary/aromatic N) is 3. The van der Waals surface area contributed by atoms with E-state index in [1.165, 1.54) is 11.1 Å². The van der Waals surface area contributed by atoms with Crippen LogP contribution in [0.15, 0.2) is 67.0 Å². The van der Waals surface area contributed by atoms with Crippen LogP contribution in [0, 0.1) is 5.41 Å². The number of nitrogens with one attached hydrogen (secondary N) is 1. The molecule has 1 aromatic heterocycles. The van der Waals surface area contributed by atoms with Crippen molar-refractivity contribution in [1.82, 2.24) is 14.5 Å². The molecule has 2 aromatic carbocycles. The molecule has 4 rings (SSSR count). The lowest BCUT2D eigenvalue weighted by Gasteiger charge is -2.28. The highest BCUT2D eigenvalue weighted by Crippen LogP contribution is 2.16. The van der Waals surface area contributed by atoms with Gasteiger partial charge in [0.1, 0.15) is 5.49 Å². The molecule has 3 aromatic rings. The highest BCUT2D eigenvalue weighted by molar-refractivity contribution is 5.21. The lowest BCUT2D eigenvalue weighted by molar-refractivity contribution is 0.240. The monoisotopic (exact) mass is 344 g/mol. The Morgan fingerprint density at radius 3 is 2.35 bits per heavy atom. The van der Waals surface area contributed by atoms with E-state index in [-0.39, 0.29) is 0 Å². The van der Waals surface area contributed by atoms with Crippen molar-refractivity contribution in [3.63, 3.8) is 0 Å². The normalized spacial score (nSPS) is 14.2. The fourth-order valence-corrected chi connectivity index (χ4v) is 3.57. The molecule has 0 saturated carbocycles. The molecule has 1 aliphatic rings. The van der Waals surface area contributed by atoms with E-state index in [0.717, 1.165) is 50.3 Å². The van der Waals surface area contributed by atoms with Gasteiger partial charge in [0.25, 0.3) is 0 Å². The maximum atomic E-state index is 8.66. The van der Waals surface area contributed by atoms with Gasteiger partial charge in [0.2, 0.25) is 0 Å². The van der Waals surface area contributed by atoms with Gasteiger partial charge in [0.15, 0.2) is 0 Å². The molecule has 0 radical (unpaired) electrons. The molecular formula is C22H24N4. The van der Waals surface area contributed by atoms with Crippen molar-refractivity contribution in [2.24, 2.45) is 0 Å². The van der Waals surface area contributed by atoms with Crippen molar-refractivity contribution in [1.29, 1.82) is 5.41 Å². The molecule has 1 aliphatic heterocycles. The number of fused-ring (bicyclic) bond motifs is 1. The van der Waals surface area contributed by atoms with E-state index in [9.17, 15) is 0 Å². The van der Waals surface area contributed by atoms with Crippen LogP contribution in [-0.2, 0) is 32.5 Å². The highest BCUT2D eigenvalue weighted by atomic mass is 15.1. The van der Waals surface area contributed by atoms with Crippen molar-refractivity contribution in [3.05, 3.63) is 94.9 Å². The SMILES string of the molecule is N=c1c2c(ncn1CCc1ccccc1)CCN(Cc1ccccc1)C2. The van der Waals surface area contributed by atoms with Gasteiger partial charge in [-0.05, 0) is 17.5 Å². The molecule has 2 heterocycles. The van der Waals surface area contributed by atoms with E-state index < -0.39 is 0 Å². The Morgan fingerprint density at radius 2 is 1.62 bits per heavy atom. The summed E-state index contributed by atoms with van der Waals surface area (Å²) >= 11 is 0. The van der Waals surface area contributed by atoms with E-state index in [2.05, 4.69) is 64.5 Å². The molecule has 0 atom stereocenters. The largest absolute Gasteiger partial charge is 0.317 e. The quantitative estimate of drug-likeness (QED) is 0.773. The maximum absolute atomic E-state index is 8.66. The van der Waals surface area contributed by atoms with Gasteiger partial charge in [0, 0.05) is 38.2 Å². The Balaban J connectivity index is 1.49. The van der Waals surface area contributed by atoms with Gasteiger partial charge >= 0.3 is 0 Å². The Labute approximate surface area is 154 Å². The van der Waals surface area contributed by atoms with Gasteiger partial charge in [0.05, 0.1) is 12.0 Å². The van der Waals surface area contributed by atoms with Crippen LogP contribution >= 0.6 is 0 Å². The van der Waals surface area contributed by atoms with Crippen LogP contribution in [0.25, 0.3) is 0 Å². The van der Waals surface area contributed by atoms with Crippen LogP contribution in [-0.4, -0.2) is 21.0 Å². The number of aryl methyl sites for hydroxylation is 2. The first-order valence-electron chi connectivity index (χ1n) is 9.21. The van der Waals surface area contributed by atoms with E-state index in [1.54, 1.807) is 0 Å². The topological polar surface area (TPSA) is 44.9 Å². The number of rotatable bonds is 5. The molecule has 0 amide bonds. The van der Waals surface area contributed by atoms with Crippen LogP contribution in [0.3, 0.4) is 0 Å². The molecule has 4 heteroatoms. The van der Waals surface area contributed by atoms with Crippen LogP contribution in [0.1, 0.15) is 22.4 Å². The Kier molecular flexibility index (Phi) is 4.93. The van der Waals surface area contributed by atoms with Crippen LogP contribution < -0.4 is 5.49 Å². The standard InChI is InChI=1S/C22H24N4/c23-22-20-16-25(15-19-9-5-2-6-10-19)13-12-21(20)24-17-26(22)14-11-18-7-3-1-4-8-18/h1-10,17,23H,11-16H2. The van der Waals surface area contributed by atoms with E-state index in [1.807, 2.05) is 17.0 Å². The molecule has 0 unspecified atom stereocenters. The fraction of sp³-hybridized carbons (Fsp3) is 0.273. The molecule has 132 valence electrons. The van der Waals surface area contributed by atoms with E-state index in [4.69, 9.17) is 5.41 Å². The van der Waals surface area contributed by atoms with E-state index >= 15 is 0 Å². The zero-order valence-electron chi connectivity index (χ0n) is 14.9. The number of hydrogen-bond acceptors (Lipinski definition) is 3. The Morgan fingerprint density at radius 1 is 0.923 bits per heavy atom. The van der Waals surface area contributed by atoms with Crippen LogP contribution in [0.4, 0.5) is 0 Å². The summed E-state index contributed by atoms with van der Waals surface area (Å²) < 4.78 is 1.98.